The Labute approximate surface area is 227 Å². The van der Waals surface area contributed by atoms with Crippen LogP contribution < -0.4 is 5.32 Å². The number of hydrogen-bond donors (Lipinski definition) is 6. The number of nitrogens with zero attached hydrogens (tertiary/aromatic N) is 3. The average Bonchev–Trinajstić information content (AvgIpc) is 3.38. The highest BCUT2D eigenvalue weighted by Crippen LogP contribution is 2.55. The molecule has 3 heterocycles. The minimum Gasteiger partial charge on any atom is -0.387 e. The van der Waals surface area contributed by atoms with E-state index in [1.807, 2.05) is 0 Å². The van der Waals surface area contributed by atoms with Gasteiger partial charge in [0, 0.05) is 10.2 Å². The third kappa shape index (κ3) is 6.78. The van der Waals surface area contributed by atoms with Crippen LogP contribution in [0, 0.1) is 5.82 Å². The summed E-state index contributed by atoms with van der Waals surface area (Å²) in [6, 6.07) is 5.61. The van der Waals surface area contributed by atoms with Crippen molar-refractivity contribution >= 4 is 43.5 Å². The molecule has 2 aromatic heterocycles. The molecule has 1 unspecified atom stereocenters. The van der Waals surface area contributed by atoms with Gasteiger partial charge in [-0.05, 0) is 31.0 Å². The first-order valence-electron chi connectivity index (χ1n) is 13.3. The molecule has 0 aliphatic carbocycles. The summed E-state index contributed by atoms with van der Waals surface area (Å²) in [4.78, 5) is 31.9. The number of rotatable bonds is 10. The van der Waals surface area contributed by atoms with Crippen LogP contribution in [-0.4, -0.2) is 76.5 Å². The molecule has 1 aliphatic rings. The fourth-order valence-corrected chi connectivity index (χ4v) is 6.32. The number of aromatic nitrogens is 3. The Morgan fingerprint density at radius 2 is 2.05 bits per heavy atom. The largest absolute Gasteiger partial charge is 0.387 e. The van der Waals surface area contributed by atoms with E-state index < -0.39 is 70.9 Å². The highest BCUT2D eigenvalue weighted by Gasteiger charge is 2.46. The number of halogens is 2. The van der Waals surface area contributed by atoms with Crippen molar-refractivity contribution < 1.29 is 54.5 Å². The van der Waals surface area contributed by atoms with Crippen LogP contribution in [0.1, 0.15) is 25.5 Å². The van der Waals surface area contributed by atoms with E-state index in [-0.39, 0.29) is 33.9 Å². The van der Waals surface area contributed by atoms with Crippen molar-refractivity contribution in [2.45, 2.75) is 43.9 Å². The van der Waals surface area contributed by atoms with Gasteiger partial charge >= 0.3 is 15.2 Å². The molecule has 4 rings (SSSR count). The van der Waals surface area contributed by atoms with Crippen molar-refractivity contribution in [2.24, 2.45) is 0 Å². The van der Waals surface area contributed by atoms with Crippen LogP contribution in [0.5, 0.6) is 0 Å². The minimum atomic E-state index is -5.26. The Morgan fingerprint density at radius 1 is 1.32 bits per heavy atom. The van der Waals surface area contributed by atoms with Crippen molar-refractivity contribution in [1.82, 2.24) is 14.8 Å². The molecule has 0 saturated carbocycles. The van der Waals surface area contributed by atoms with E-state index in [9.17, 15) is 28.6 Å². The molecule has 6 atom stereocenters. The standard InChI is InChI=1S/C21H26ClFN4O9P2/c1-11(6-12-4-2-3-5-14(12)23)25-15-7-17(22)26-20-13(15)8-24-27(20)21-19(29)18(28)16(36-21)9-35-38(33,34)10-37(30,31)32/h2-5,7-8,11,16,18-19,21,28-29H,6,9-10H2,1H3,(H,25,26)(H,33,34)(H2,30,31,32)/t11-,16+,18+,19+,21+/m0/s1/i1D3,9D2. The molecule has 1 fully saturated rings. The number of aliphatic hydroxyl groups excluding tert-OH is 2. The Balaban J connectivity index is 1.64. The second-order valence-electron chi connectivity index (χ2n) is 8.39. The van der Waals surface area contributed by atoms with E-state index in [1.54, 1.807) is 6.07 Å². The fourth-order valence-electron chi connectivity index (χ4n) is 3.77. The maximum atomic E-state index is 14.3. The number of aliphatic hydroxyl groups is 2. The molecular weight excluding hydrogens is 569 g/mol. The monoisotopic (exact) mass is 599 g/mol. The van der Waals surface area contributed by atoms with Crippen molar-refractivity contribution in [3.63, 3.8) is 0 Å². The van der Waals surface area contributed by atoms with Crippen LogP contribution in [0.25, 0.3) is 11.0 Å². The lowest BCUT2D eigenvalue weighted by Crippen LogP contribution is -2.33. The van der Waals surface area contributed by atoms with Gasteiger partial charge in [0.05, 0.1) is 26.6 Å². The van der Waals surface area contributed by atoms with Crippen LogP contribution in [-0.2, 0) is 24.8 Å². The van der Waals surface area contributed by atoms with E-state index in [4.69, 9.17) is 33.0 Å². The lowest BCUT2D eigenvalue weighted by atomic mass is 10.1. The second kappa shape index (κ2) is 11.3. The maximum Gasteiger partial charge on any atom is 0.340 e. The number of pyridine rings is 1. The summed E-state index contributed by atoms with van der Waals surface area (Å²) in [5, 5.41) is 28.0. The van der Waals surface area contributed by atoms with E-state index in [0.29, 0.717) is 0 Å². The zero-order valence-corrected chi connectivity index (χ0v) is 21.7. The van der Waals surface area contributed by atoms with E-state index >= 15 is 0 Å². The molecule has 0 spiro atoms. The third-order valence-electron chi connectivity index (χ3n) is 5.40. The first kappa shape index (κ1) is 22.8. The van der Waals surface area contributed by atoms with Crippen LogP contribution in [0.2, 0.25) is 5.15 Å². The van der Waals surface area contributed by atoms with Crippen LogP contribution in [0.15, 0.2) is 36.5 Å². The zero-order chi connectivity index (χ0) is 32.1. The van der Waals surface area contributed by atoms with Crippen molar-refractivity contribution in [3.05, 3.63) is 53.1 Å². The topological polar surface area (TPSA) is 196 Å². The number of anilines is 1. The van der Waals surface area contributed by atoms with Crippen LogP contribution >= 0.6 is 26.8 Å². The SMILES string of the molecule is [2H]C([2H])([2H])[C@@H](Cc1ccccc1F)Nc1cc(Cl)nc2c1cnn2[C@@H]1O[C@H](C([2H])([2H])OP(=O)(O)CP(=O)(O)O)[C@@H](O)[C@H]1O. The molecule has 0 radical (unpaired) electrons. The maximum absolute atomic E-state index is 14.3. The lowest BCUT2D eigenvalue weighted by Gasteiger charge is -2.18. The predicted molar refractivity (Wildman–Crippen MR) is 134 cm³/mol. The molecule has 13 nitrogen and oxygen atoms in total. The molecule has 1 saturated heterocycles. The van der Waals surface area contributed by atoms with Gasteiger partial charge in [0.25, 0.3) is 0 Å². The Bertz CT molecular complexity index is 1600. The van der Waals surface area contributed by atoms with E-state index in [1.165, 1.54) is 30.5 Å². The highest BCUT2D eigenvalue weighted by atomic mass is 35.5. The molecule has 17 heteroatoms. The Kier molecular flexibility index (Phi) is 6.76. The highest BCUT2D eigenvalue weighted by molar-refractivity contribution is 7.70. The Morgan fingerprint density at radius 3 is 2.74 bits per heavy atom. The molecule has 208 valence electrons. The van der Waals surface area contributed by atoms with Gasteiger partial charge in [-0.3, -0.25) is 9.13 Å². The Hall–Kier alpha value is -1.96. The first-order chi connectivity index (χ1) is 19.7. The van der Waals surface area contributed by atoms with Gasteiger partial charge in [-0.2, -0.15) is 5.10 Å². The van der Waals surface area contributed by atoms with Crippen LogP contribution in [0.3, 0.4) is 0 Å². The number of fused-ring (bicyclic) bond motifs is 1. The summed E-state index contributed by atoms with van der Waals surface area (Å²) >= 11 is 6.19. The second-order valence-corrected chi connectivity index (χ2v) is 12.7. The predicted octanol–water partition coefficient (Wildman–Crippen LogP) is 2.22. The quantitative estimate of drug-likeness (QED) is 0.147. The minimum absolute atomic E-state index is 0.0978. The number of nitrogens with one attached hydrogen (secondary N) is 1. The molecule has 1 aromatic carbocycles. The molecule has 6 N–H and O–H groups in total. The lowest BCUT2D eigenvalue weighted by molar-refractivity contribution is -0.0541. The molecular formula is C21H26ClFN4O9P2. The summed E-state index contributed by atoms with van der Waals surface area (Å²) in [5.74, 6) is -2.32. The van der Waals surface area contributed by atoms with Gasteiger partial charge in [-0.25, -0.2) is 14.1 Å². The van der Waals surface area contributed by atoms with E-state index in [0.717, 1.165) is 4.68 Å². The summed E-state index contributed by atoms with van der Waals surface area (Å²) in [6.07, 6.45) is -6.98. The normalized spacial score (nSPS) is 27.1. The van der Waals surface area contributed by atoms with E-state index in [2.05, 4.69) is 19.9 Å². The zero-order valence-electron chi connectivity index (χ0n) is 24.1. The third-order valence-corrected chi connectivity index (χ3v) is 8.89. The molecule has 3 aromatic rings. The average molecular weight is 600 g/mol. The summed E-state index contributed by atoms with van der Waals surface area (Å²) in [7, 11) is -10.4. The summed E-state index contributed by atoms with van der Waals surface area (Å²) in [6.45, 7) is -5.98. The number of ether oxygens (including phenoxy) is 1. The molecule has 38 heavy (non-hydrogen) atoms. The van der Waals surface area contributed by atoms with Gasteiger partial charge in [-0.15, -0.1) is 0 Å². The van der Waals surface area contributed by atoms with Crippen molar-refractivity contribution in [1.29, 1.82) is 0 Å². The molecule has 0 bridgehead atoms. The summed E-state index contributed by atoms with van der Waals surface area (Å²) < 4.78 is 88.2. The fraction of sp³-hybridized carbons (Fsp3) is 0.429. The van der Waals surface area contributed by atoms with Crippen molar-refractivity contribution in [3.8, 4) is 0 Å². The summed E-state index contributed by atoms with van der Waals surface area (Å²) in [5.41, 5.74) is 0.106. The van der Waals surface area contributed by atoms with Gasteiger partial charge in [0.15, 0.2) is 17.8 Å². The van der Waals surface area contributed by atoms with Gasteiger partial charge in [0.2, 0.25) is 0 Å². The van der Waals surface area contributed by atoms with Gasteiger partial charge in [-0.1, -0.05) is 29.8 Å². The van der Waals surface area contributed by atoms with Crippen LogP contribution in [0.4, 0.5) is 10.1 Å². The smallest absolute Gasteiger partial charge is 0.340 e. The first-order valence-corrected chi connectivity index (χ1v) is 14.7. The number of hydrogen-bond acceptors (Lipinski definition) is 9. The number of benzene rings is 1. The van der Waals surface area contributed by atoms with Gasteiger partial charge in [0.1, 0.15) is 29.3 Å². The molecule has 1 aliphatic heterocycles. The van der Waals surface area contributed by atoms with Gasteiger partial charge < -0.3 is 39.5 Å². The van der Waals surface area contributed by atoms with Crippen molar-refractivity contribution in [2.75, 3.05) is 17.8 Å². The molecule has 0 amide bonds.